The van der Waals surface area contributed by atoms with Gasteiger partial charge in [-0.05, 0) is 83.8 Å². The molecule has 0 amide bonds. The van der Waals surface area contributed by atoms with Crippen LogP contribution in [0.2, 0.25) is 5.02 Å². The van der Waals surface area contributed by atoms with Crippen LogP contribution in [0.3, 0.4) is 0 Å². The highest BCUT2D eigenvalue weighted by atomic mass is 35.5. The van der Waals surface area contributed by atoms with E-state index in [2.05, 4.69) is 52.9 Å². The number of rotatable bonds is 15. The molecule has 324 valence electrons. The monoisotopic (exact) mass is 901 g/mol. The fourth-order valence-corrected chi connectivity index (χ4v) is 10.0. The second-order valence-electron chi connectivity index (χ2n) is 15.4. The number of anilines is 3. The SMILES string of the molecule is O=S(=O)(Nc1ncnc2cc(N3CCN(Cc4ccccc4-c4ccc(Cl)cc4)CC3)ccc12)c1ccc(N[C@H](CCN2CCOCC2)CSc2ccccc2)c(C(F)(F)F)c1. The number of nitrogens with zero attached hydrogens (tertiary/aromatic N) is 5. The number of thioether (sulfide) groups is 1. The minimum atomic E-state index is -4.83. The lowest BCUT2D eigenvalue weighted by Gasteiger charge is -2.36. The molecule has 1 atom stereocenters. The van der Waals surface area contributed by atoms with Gasteiger partial charge in [-0.3, -0.25) is 14.5 Å². The third-order valence-corrected chi connectivity index (χ3v) is 14.0. The molecular formula is C46H47ClF3N7O3S2. The molecule has 0 unspecified atom stereocenters. The van der Waals surface area contributed by atoms with E-state index in [0.29, 0.717) is 53.9 Å². The van der Waals surface area contributed by atoms with Gasteiger partial charge in [0, 0.05) is 90.8 Å². The topological polar surface area (TPSA) is 103 Å². The Morgan fingerprint density at radius 3 is 2.31 bits per heavy atom. The van der Waals surface area contributed by atoms with E-state index in [-0.39, 0.29) is 17.5 Å². The van der Waals surface area contributed by atoms with E-state index in [4.69, 9.17) is 16.3 Å². The van der Waals surface area contributed by atoms with Gasteiger partial charge in [-0.2, -0.15) is 13.2 Å². The van der Waals surface area contributed by atoms with Crippen LogP contribution < -0.4 is 14.9 Å². The summed E-state index contributed by atoms with van der Waals surface area (Å²) in [6.45, 7) is 7.44. The predicted molar refractivity (Wildman–Crippen MR) is 243 cm³/mol. The van der Waals surface area contributed by atoms with Gasteiger partial charge in [0.15, 0.2) is 5.82 Å². The van der Waals surface area contributed by atoms with Crippen LogP contribution in [0.15, 0.2) is 131 Å². The Morgan fingerprint density at radius 1 is 0.806 bits per heavy atom. The van der Waals surface area contributed by atoms with Crippen molar-refractivity contribution in [2.24, 2.45) is 0 Å². The number of hydrogen-bond acceptors (Lipinski definition) is 10. The summed E-state index contributed by atoms with van der Waals surface area (Å²) >= 11 is 7.69. The Kier molecular flexibility index (Phi) is 13.9. The molecule has 1 aromatic heterocycles. The number of morpholine rings is 1. The highest BCUT2D eigenvalue weighted by molar-refractivity contribution is 7.99. The maximum Gasteiger partial charge on any atom is 0.418 e. The second-order valence-corrected chi connectivity index (χ2v) is 18.6. The summed E-state index contributed by atoms with van der Waals surface area (Å²) in [5.74, 6) is 0.481. The van der Waals surface area contributed by atoms with Crippen LogP contribution in [0.25, 0.3) is 22.0 Å². The first-order valence-corrected chi connectivity index (χ1v) is 23.4. The first-order chi connectivity index (χ1) is 30.0. The Labute approximate surface area is 369 Å². The molecule has 10 nitrogen and oxygen atoms in total. The van der Waals surface area contributed by atoms with Gasteiger partial charge in [-0.1, -0.05) is 66.2 Å². The number of benzene rings is 5. The molecule has 6 aromatic rings. The minimum absolute atomic E-state index is 0.0254. The van der Waals surface area contributed by atoms with Crippen molar-refractivity contribution in [2.75, 3.05) is 79.7 Å². The normalized spacial score (nSPS) is 16.0. The zero-order valence-electron chi connectivity index (χ0n) is 33.9. The molecule has 2 aliphatic heterocycles. The fraction of sp³-hybridized carbons (Fsp3) is 0.304. The van der Waals surface area contributed by atoms with Crippen LogP contribution in [0.5, 0.6) is 0 Å². The first kappa shape index (κ1) is 43.7. The van der Waals surface area contributed by atoms with Gasteiger partial charge in [0.25, 0.3) is 10.0 Å². The molecule has 3 heterocycles. The van der Waals surface area contributed by atoms with Gasteiger partial charge < -0.3 is 15.0 Å². The van der Waals surface area contributed by atoms with Crippen LogP contribution in [-0.4, -0.2) is 99.0 Å². The lowest BCUT2D eigenvalue weighted by Crippen LogP contribution is -2.46. The van der Waals surface area contributed by atoms with Crippen LogP contribution in [0.1, 0.15) is 17.5 Å². The van der Waals surface area contributed by atoms with E-state index in [9.17, 15) is 21.6 Å². The van der Waals surface area contributed by atoms with E-state index in [1.54, 1.807) is 17.8 Å². The number of fused-ring (bicyclic) bond motifs is 1. The summed E-state index contributed by atoms with van der Waals surface area (Å²) in [7, 11) is -4.50. The van der Waals surface area contributed by atoms with Gasteiger partial charge >= 0.3 is 6.18 Å². The molecule has 8 rings (SSSR count). The van der Waals surface area contributed by atoms with E-state index in [1.807, 2.05) is 72.8 Å². The van der Waals surface area contributed by atoms with Gasteiger partial charge in [0.2, 0.25) is 0 Å². The Bertz CT molecular complexity index is 2560. The predicted octanol–water partition coefficient (Wildman–Crippen LogP) is 9.39. The molecule has 0 bridgehead atoms. The van der Waals surface area contributed by atoms with Gasteiger partial charge in [-0.15, -0.1) is 11.8 Å². The number of aromatic nitrogens is 2. The Balaban J connectivity index is 0.947. The van der Waals surface area contributed by atoms with Crippen molar-refractivity contribution >= 4 is 61.5 Å². The maximum absolute atomic E-state index is 14.7. The number of nitrogens with one attached hydrogen (secondary N) is 2. The van der Waals surface area contributed by atoms with Gasteiger partial charge in [0.05, 0.1) is 29.2 Å². The lowest BCUT2D eigenvalue weighted by atomic mass is 9.99. The number of alkyl halides is 3. The van der Waals surface area contributed by atoms with E-state index in [1.165, 1.54) is 29.6 Å². The van der Waals surface area contributed by atoms with E-state index < -0.39 is 26.7 Å². The van der Waals surface area contributed by atoms with Crippen molar-refractivity contribution in [3.63, 3.8) is 0 Å². The summed E-state index contributed by atoms with van der Waals surface area (Å²) in [5, 5.41) is 4.25. The van der Waals surface area contributed by atoms with Gasteiger partial charge in [-0.25, -0.2) is 18.4 Å². The quantitative estimate of drug-likeness (QED) is 0.0970. The van der Waals surface area contributed by atoms with Crippen molar-refractivity contribution in [3.8, 4) is 11.1 Å². The van der Waals surface area contributed by atoms with Gasteiger partial charge in [0.1, 0.15) is 6.33 Å². The molecule has 2 N–H and O–H groups in total. The van der Waals surface area contributed by atoms with Crippen LogP contribution >= 0.6 is 23.4 Å². The molecule has 2 fully saturated rings. The largest absolute Gasteiger partial charge is 0.418 e. The van der Waals surface area contributed by atoms with Crippen LogP contribution in [0.4, 0.5) is 30.4 Å². The van der Waals surface area contributed by atoms with Crippen LogP contribution in [0, 0.1) is 0 Å². The van der Waals surface area contributed by atoms with Crippen LogP contribution in [-0.2, 0) is 27.5 Å². The third kappa shape index (κ3) is 11.0. The maximum atomic E-state index is 14.7. The Morgan fingerprint density at radius 2 is 1.55 bits per heavy atom. The molecule has 2 aliphatic rings. The minimum Gasteiger partial charge on any atom is -0.381 e. The molecule has 0 aliphatic carbocycles. The van der Waals surface area contributed by atoms with Crippen molar-refractivity contribution < 1.29 is 26.3 Å². The highest BCUT2D eigenvalue weighted by Crippen LogP contribution is 2.38. The summed E-state index contributed by atoms with van der Waals surface area (Å²) in [6.07, 6.45) is -3.00. The van der Waals surface area contributed by atoms with Crippen molar-refractivity contribution in [3.05, 3.63) is 138 Å². The Hall–Kier alpha value is -4.90. The molecule has 16 heteroatoms. The summed E-state index contributed by atoms with van der Waals surface area (Å²) < 4.78 is 79.6. The highest BCUT2D eigenvalue weighted by Gasteiger charge is 2.36. The molecule has 0 radical (unpaired) electrons. The average molecular weight is 903 g/mol. The summed E-state index contributed by atoms with van der Waals surface area (Å²) in [6, 6.07) is 34.2. The molecule has 62 heavy (non-hydrogen) atoms. The molecule has 0 saturated carbocycles. The number of piperazine rings is 1. The fourth-order valence-electron chi connectivity index (χ4n) is 7.83. The third-order valence-electron chi connectivity index (χ3n) is 11.2. The second kappa shape index (κ2) is 19.7. The molecule has 5 aromatic carbocycles. The first-order valence-electron chi connectivity index (χ1n) is 20.5. The van der Waals surface area contributed by atoms with E-state index in [0.717, 1.165) is 62.0 Å². The molecule has 2 saturated heterocycles. The number of sulfonamides is 1. The molecular weight excluding hydrogens is 855 g/mol. The number of ether oxygens (including phenoxy) is 1. The summed E-state index contributed by atoms with van der Waals surface area (Å²) in [4.78, 5) is 16.0. The zero-order chi connectivity index (χ0) is 43.1. The van der Waals surface area contributed by atoms with Crippen molar-refractivity contribution in [1.82, 2.24) is 19.8 Å². The molecule has 0 spiro atoms. The average Bonchev–Trinajstić information content (AvgIpc) is 3.28. The number of halogens is 4. The van der Waals surface area contributed by atoms with E-state index >= 15 is 0 Å². The smallest absolute Gasteiger partial charge is 0.381 e. The lowest BCUT2D eigenvalue weighted by molar-refractivity contribution is -0.137. The summed E-state index contributed by atoms with van der Waals surface area (Å²) in [5.41, 5.74) is 3.71. The number of hydrogen-bond donors (Lipinski definition) is 2. The zero-order valence-corrected chi connectivity index (χ0v) is 36.3. The standard InChI is InChI=1S/C46H47ClF3N7O3S2/c47-35-12-10-33(11-13-35)40-9-5-4-6-34(40)30-56-20-22-57(23-21-56)37-14-16-41-44(28-37)51-32-52-45(41)54-62(58,59)39-15-17-43(42(29-39)46(48,49)50)53-36(18-19-55-24-26-60-27-25-55)31-61-38-7-2-1-3-8-38/h1-17,28-29,32,36,53H,18-27,30-31H2,(H,51,52,54)/t36-/m1/s1. The van der Waals surface area contributed by atoms with Crippen molar-refractivity contribution in [2.45, 2.75) is 35.0 Å². The van der Waals surface area contributed by atoms with Crippen molar-refractivity contribution in [1.29, 1.82) is 0 Å².